The fraction of sp³-hybridized carbons (Fsp3) is 0.0588. The van der Waals surface area contributed by atoms with Gasteiger partial charge in [0.15, 0.2) is 0 Å². The predicted molar refractivity (Wildman–Crippen MR) is 93.6 cm³/mol. The molecule has 8 heteroatoms. The fourth-order valence-electron chi connectivity index (χ4n) is 2.30. The molecule has 0 radical (unpaired) electrons. The maximum atomic E-state index is 13.2. The standard InChI is InChI=1S/C17H12FN3O2S2/c18-13-5-1-11(2-6-13)16-17(24-15(21-16)9-10-19)12-3-7-14(8-4-12)25(20,22)23/h1-8H,9H2,(H2,20,22,23). The number of nitrogens with two attached hydrogens (primary N) is 1. The van der Waals surface area contributed by atoms with E-state index in [1.165, 1.54) is 35.6 Å². The van der Waals surface area contributed by atoms with Crippen LogP contribution in [0.25, 0.3) is 21.7 Å². The summed E-state index contributed by atoms with van der Waals surface area (Å²) in [6.45, 7) is 0. The molecule has 0 aliphatic carbocycles. The van der Waals surface area contributed by atoms with Crippen LogP contribution in [0.3, 0.4) is 0 Å². The number of thiazole rings is 1. The van der Waals surface area contributed by atoms with Gasteiger partial charge in [-0.05, 0) is 42.0 Å². The third kappa shape index (κ3) is 3.74. The van der Waals surface area contributed by atoms with Gasteiger partial charge >= 0.3 is 0 Å². The number of benzene rings is 2. The molecule has 0 aliphatic heterocycles. The van der Waals surface area contributed by atoms with Gasteiger partial charge in [0, 0.05) is 5.56 Å². The normalized spacial score (nSPS) is 11.2. The average Bonchev–Trinajstić information content (AvgIpc) is 2.99. The zero-order valence-electron chi connectivity index (χ0n) is 12.8. The van der Waals surface area contributed by atoms with Crippen LogP contribution in [0.5, 0.6) is 0 Å². The highest BCUT2D eigenvalue weighted by atomic mass is 32.2. The van der Waals surface area contributed by atoms with Crippen molar-refractivity contribution in [2.75, 3.05) is 0 Å². The lowest BCUT2D eigenvalue weighted by atomic mass is 10.1. The Bertz CT molecular complexity index is 1050. The summed E-state index contributed by atoms with van der Waals surface area (Å²) in [5.41, 5.74) is 2.08. The van der Waals surface area contributed by atoms with Gasteiger partial charge in [0.25, 0.3) is 0 Å². The van der Waals surface area contributed by atoms with Crippen LogP contribution in [0.2, 0.25) is 0 Å². The van der Waals surface area contributed by atoms with Crippen LogP contribution >= 0.6 is 11.3 Å². The van der Waals surface area contributed by atoms with E-state index in [2.05, 4.69) is 11.1 Å². The topological polar surface area (TPSA) is 96.8 Å². The van der Waals surface area contributed by atoms with Crippen molar-refractivity contribution in [1.82, 2.24) is 4.98 Å². The second kappa shape index (κ2) is 6.72. The van der Waals surface area contributed by atoms with Crippen LogP contribution in [0.15, 0.2) is 53.4 Å². The second-order valence-corrected chi connectivity index (χ2v) is 7.84. The Balaban J connectivity index is 2.11. The van der Waals surface area contributed by atoms with Crippen LogP contribution in [0, 0.1) is 17.1 Å². The maximum Gasteiger partial charge on any atom is 0.238 e. The molecule has 1 heterocycles. The number of sulfonamides is 1. The SMILES string of the molecule is N#CCc1nc(-c2ccc(F)cc2)c(-c2ccc(S(N)(=O)=O)cc2)s1. The highest BCUT2D eigenvalue weighted by molar-refractivity contribution is 7.89. The minimum absolute atomic E-state index is 0.0151. The number of hydrogen-bond acceptors (Lipinski definition) is 5. The molecule has 2 aromatic carbocycles. The van der Waals surface area contributed by atoms with Crippen molar-refractivity contribution in [3.63, 3.8) is 0 Å². The molecule has 0 atom stereocenters. The number of primary sulfonamides is 1. The molecule has 0 saturated heterocycles. The van der Waals surface area contributed by atoms with Crippen molar-refractivity contribution in [1.29, 1.82) is 5.26 Å². The number of nitrogens with zero attached hydrogens (tertiary/aromatic N) is 2. The average molecular weight is 373 g/mol. The van der Waals surface area contributed by atoms with Crippen molar-refractivity contribution in [3.05, 3.63) is 59.4 Å². The first-order chi connectivity index (χ1) is 11.9. The van der Waals surface area contributed by atoms with Gasteiger partial charge in [0.05, 0.1) is 28.0 Å². The Hall–Kier alpha value is -2.60. The van der Waals surface area contributed by atoms with E-state index >= 15 is 0 Å². The maximum absolute atomic E-state index is 13.2. The molecule has 0 bridgehead atoms. The van der Waals surface area contributed by atoms with E-state index in [9.17, 15) is 12.8 Å². The van der Waals surface area contributed by atoms with Crippen molar-refractivity contribution in [2.24, 2.45) is 5.14 Å². The molecule has 0 spiro atoms. The fourth-order valence-corrected chi connectivity index (χ4v) is 3.84. The molecule has 0 aliphatic rings. The van der Waals surface area contributed by atoms with Gasteiger partial charge in [0.2, 0.25) is 10.0 Å². The molecule has 126 valence electrons. The highest BCUT2D eigenvalue weighted by Gasteiger charge is 2.16. The summed E-state index contributed by atoms with van der Waals surface area (Å²) in [5, 5.41) is 14.7. The Morgan fingerprint density at radius 1 is 1.08 bits per heavy atom. The van der Waals surface area contributed by atoms with E-state index in [1.807, 2.05) is 0 Å². The molecule has 3 rings (SSSR count). The molecule has 1 aromatic heterocycles. The largest absolute Gasteiger partial charge is 0.239 e. The summed E-state index contributed by atoms with van der Waals surface area (Å²) in [6.07, 6.45) is 0.161. The smallest absolute Gasteiger partial charge is 0.238 e. The summed E-state index contributed by atoms with van der Waals surface area (Å²) in [4.78, 5) is 5.27. The zero-order chi connectivity index (χ0) is 18.0. The molecule has 0 unspecified atom stereocenters. The molecule has 25 heavy (non-hydrogen) atoms. The third-order valence-electron chi connectivity index (χ3n) is 3.46. The molecule has 3 aromatic rings. The lowest BCUT2D eigenvalue weighted by molar-refractivity contribution is 0.598. The Morgan fingerprint density at radius 2 is 1.68 bits per heavy atom. The predicted octanol–water partition coefficient (Wildman–Crippen LogP) is 3.33. The highest BCUT2D eigenvalue weighted by Crippen LogP contribution is 2.37. The number of halogens is 1. The molecule has 5 nitrogen and oxygen atoms in total. The van der Waals surface area contributed by atoms with E-state index in [4.69, 9.17) is 10.4 Å². The first kappa shape index (κ1) is 17.2. The molecule has 0 fully saturated rings. The van der Waals surface area contributed by atoms with Crippen LogP contribution in [-0.2, 0) is 16.4 Å². The van der Waals surface area contributed by atoms with Gasteiger partial charge in [0.1, 0.15) is 10.8 Å². The van der Waals surface area contributed by atoms with Gasteiger partial charge in [-0.2, -0.15) is 5.26 Å². The van der Waals surface area contributed by atoms with Gasteiger partial charge < -0.3 is 0 Å². The molecule has 2 N–H and O–H groups in total. The van der Waals surface area contributed by atoms with Crippen molar-refractivity contribution < 1.29 is 12.8 Å². The summed E-state index contributed by atoms with van der Waals surface area (Å²) >= 11 is 1.34. The summed E-state index contributed by atoms with van der Waals surface area (Å²) in [7, 11) is -3.77. The van der Waals surface area contributed by atoms with Gasteiger partial charge in [-0.15, -0.1) is 11.3 Å². The minimum atomic E-state index is -3.77. The van der Waals surface area contributed by atoms with E-state index in [0.717, 1.165) is 10.4 Å². The number of rotatable bonds is 4. The number of hydrogen-bond donors (Lipinski definition) is 1. The number of nitriles is 1. The Labute approximate surface area is 148 Å². The minimum Gasteiger partial charge on any atom is -0.239 e. The lowest BCUT2D eigenvalue weighted by Gasteiger charge is -2.04. The van der Waals surface area contributed by atoms with Crippen LogP contribution in [0.4, 0.5) is 4.39 Å². The third-order valence-corrected chi connectivity index (χ3v) is 5.50. The Morgan fingerprint density at radius 3 is 2.24 bits per heavy atom. The number of aromatic nitrogens is 1. The quantitative estimate of drug-likeness (QED) is 0.758. The van der Waals surface area contributed by atoms with E-state index < -0.39 is 10.0 Å². The summed E-state index contributed by atoms with van der Waals surface area (Å²) in [5.74, 6) is -0.352. The van der Waals surface area contributed by atoms with Crippen molar-refractivity contribution >= 4 is 21.4 Å². The van der Waals surface area contributed by atoms with Crippen molar-refractivity contribution in [2.45, 2.75) is 11.3 Å². The molecular formula is C17H12FN3O2S2. The molecular weight excluding hydrogens is 361 g/mol. The van der Waals surface area contributed by atoms with Gasteiger partial charge in [-0.25, -0.2) is 22.9 Å². The Kier molecular flexibility index (Phi) is 4.63. The molecule has 0 saturated carbocycles. The van der Waals surface area contributed by atoms with Crippen molar-refractivity contribution in [3.8, 4) is 27.8 Å². The van der Waals surface area contributed by atoms with Gasteiger partial charge in [-0.3, -0.25) is 0 Å². The zero-order valence-corrected chi connectivity index (χ0v) is 14.4. The van der Waals surface area contributed by atoms with E-state index in [0.29, 0.717) is 16.3 Å². The van der Waals surface area contributed by atoms with Gasteiger partial charge in [-0.1, -0.05) is 12.1 Å². The monoisotopic (exact) mass is 373 g/mol. The lowest BCUT2D eigenvalue weighted by Crippen LogP contribution is -2.11. The second-order valence-electron chi connectivity index (χ2n) is 5.20. The van der Waals surface area contributed by atoms with Crippen LogP contribution in [0.1, 0.15) is 5.01 Å². The van der Waals surface area contributed by atoms with E-state index in [-0.39, 0.29) is 17.1 Å². The summed E-state index contributed by atoms with van der Waals surface area (Å²) < 4.78 is 36.0. The first-order valence-corrected chi connectivity index (χ1v) is 9.50. The van der Waals surface area contributed by atoms with E-state index in [1.54, 1.807) is 24.3 Å². The first-order valence-electron chi connectivity index (χ1n) is 7.14. The summed E-state index contributed by atoms with van der Waals surface area (Å²) in [6, 6.07) is 14.1. The van der Waals surface area contributed by atoms with Crippen LogP contribution < -0.4 is 5.14 Å². The van der Waals surface area contributed by atoms with Crippen LogP contribution in [-0.4, -0.2) is 13.4 Å². The molecule has 0 amide bonds.